The smallest absolute Gasteiger partial charge is 0.142 e. The number of fused-ring (bicyclic) bond motifs is 1. The van der Waals surface area contributed by atoms with E-state index in [4.69, 9.17) is 10.5 Å². The summed E-state index contributed by atoms with van der Waals surface area (Å²) in [5.41, 5.74) is 6.95. The zero-order chi connectivity index (χ0) is 11.1. The average molecular weight is 218 g/mol. The van der Waals surface area contributed by atoms with Gasteiger partial charge >= 0.3 is 0 Å². The molecule has 2 aliphatic rings. The van der Waals surface area contributed by atoms with Gasteiger partial charge in [-0.2, -0.15) is 0 Å². The minimum atomic E-state index is 0.783. The Morgan fingerprint density at radius 3 is 2.62 bits per heavy atom. The van der Waals surface area contributed by atoms with Gasteiger partial charge in [0.05, 0.1) is 12.8 Å². The van der Waals surface area contributed by atoms with Gasteiger partial charge in [-0.05, 0) is 36.4 Å². The van der Waals surface area contributed by atoms with Crippen molar-refractivity contribution >= 4 is 5.69 Å². The van der Waals surface area contributed by atoms with Crippen LogP contribution in [0.3, 0.4) is 0 Å². The summed E-state index contributed by atoms with van der Waals surface area (Å²) in [5.74, 6) is 3.42. The maximum absolute atomic E-state index is 5.72. The average Bonchev–Trinajstić information content (AvgIpc) is 2.81. The number of hydrogen-bond acceptors (Lipinski definition) is 3. The first-order chi connectivity index (χ1) is 7.85. The molecular weight excluding hydrogens is 200 g/mol. The molecule has 3 nitrogen and oxygen atoms in total. The molecule has 1 aromatic rings. The Morgan fingerprint density at radius 1 is 1.31 bits per heavy atom. The summed E-state index contributed by atoms with van der Waals surface area (Å²) in [6.45, 7) is 3.15. The lowest BCUT2D eigenvalue weighted by Crippen LogP contribution is -2.26. The third-order valence-electron chi connectivity index (χ3n) is 4.07. The van der Waals surface area contributed by atoms with E-state index in [9.17, 15) is 0 Å². The Balaban J connectivity index is 1.76. The van der Waals surface area contributed by atoms with Crippen molar-refractivity contribution in [1.82, 2.24) is 0 Å². The highest BCUT2D eigenvalue weighted by atomic mass is 16.5. The molecule has 2 atom stereocenters. The summed E-state index contributed by atoms with van der Waals surface area (Å²) in [6, 6.07) is 8.25. The van der Waals surface area contributed by atoms with Crippen molar-refractivity contribution in [3.8, 4) is 5.75 Å². The number of rotatable bonds is 3. The molecule has 1 aliphatic carbocycles. The van der Waals surface area contributed by atoms with Crippen LogP contribution in [0.25, 0.3) is 0 Å². The Morgan fingerprint density at radius 2 is 2.00 bits per heavy atom. The van der Waals surface area contributed by atoms with E-state index in [1.165, 1.54) is 5.69 Å². The molecule has 86 valence electrons. The van der Waals surface area contributed by atoms with Gasteiger partial charge in [0, 0.05) is 13.1 Å². The van der Waals surface area contributed by atoms with Crippen LogP contribution in [-0.4, -0.2) is 26.7 Å². The third-order valence-corrected chi connectivity index (χ3v) is 4.07. The van der Waals surface area contributed by atoms with Crippen LogP contribution in [0.2, 0.25) is 0 Å². The molecule has 1 aromatic carbocycles. The summed E-state index contributed by atoms with van der Waals surface area (Å²) >= 11 is 0. The number of hydrogen-bond donors (Lipinski definition) is 1. The lowest BCUT2D eigenvalue weighted by molar-refractivity contribution is 0.414. The van der Waals surface area contributed by atoms with Crippen molar-refractivity contribution in [2.75, 3.05) is 31.6 Å². The molecule has 0 radical (unpaired) electrons. The van der Waals surface area contributed by atoms with Crippen LogP contribution in [0.5, 0.6) is 5.75 Å². The van der Waals surface area contributed by atoms with E-state index in [2.05, 4.69) is 17.0 Å². The Hall–Kier alpha value is -1.22. The fourth-order valence-electron chi connectivity index (χ4n) is 3.09. The fourth-order valence-corrected chi connectivity index (χ4v) is 3.09. The largest absolute Gasteiger partial charge is 0.495 e. The molecule has 1 heterocycles. The van der Waals surface area contributed by atoms with E-state index in [0.717, 1.165) is 43.1 Å². The molecule has 0 bridgehead atoms. The minimum Gasteiger partial charge on any atom is -0.495 e. The highest BCUT2D eigenvalue weighted by Crippen LogP contribution is 2.52. The molecule has 1 saturated heterocycles. The number of nitrogens with two attached hydrogens (primary N) is 1. The number of ether oxygens (including phenoxy) is 1. The molecule has 16 heavy (non-hydrogen) atoms. The van der Waals surface area contributed by atoms with Gasteiger partial charge in [-0.1, -0.05) is 12.1 Å². The predicted octanol–water partition coefficient (Wildman–Crippen LogP) is 1.34. The Labute approximate surface area is 96.2 Å². The van der Waals surface area contributed by atoms with Crippen molar-refractivity contribution in [3.05, 3.63) is 24.3 Å². The summed E-state index contributed by atoms with van der Waals surface area (Å²) < 4.78 is 5.39. The van der Waals surface area contributed by atoms with Gasteiger partial charge < -0.3 is 15.4 Å². The fraction of sp³-hybridized carbons (Fsp3) is 0.538. The zero-order valence-electron chi connectivity index (χ0n) is 9.60. The van der Waals surface area contributed by atoms with Gasteiger partial charge in [-0.3, -0.25) is 0 Å². The second-order valence-electron chi connectivity index (χ2n) is 4.80. The van der Waals surface area contributed by atoms with Gasteiger partial charge in [0.2, 0.25) is 0 Å². The van der Waals surface area contributed by atoms with Gasteiger partial charge in [-0.15, -0.1) is 0 Å². The van der Waals surface area contributed by atoms with Crippen molar-refractivity contribution in [3.63, 3.8) is 0 Å². The summed E-state index contributed by atoms with van der Waals surface area (Å²) in [7, 11) is 1.73. The topological polar surface area (TPSA) is 38.5 Å². The van der Waals surface area contributed by atoms with Crippen LogP contribution >= 0.6 is 0 Å². The lowest BCUT2D eigenvalue weighted by atomic mass is 10.2. The first kappa shape index (κ1) is 9.97. The number of anilines is 1. The molecule has 0 aromatic heterocycles. The monoisotopic (exact) mass is 218 g/mol. The molecule has 2 unspecified atom stereocenters. The second kappa shape index (κ2) is 3.67. The number of benzene rings is 1. The standard InChI is InChI=1S/C13H18N2O/c1-16-13-5-3-2-4-12(13)15-7-10-9(6-14)11(10)8-15/h2-5,9-11H,6-8,14H2,1H3. The predicted molar refractivity (Wildman–Crippen MR) is 64.7 cm³/mol. The van der Waals surface area contributed by atoms with E-state index in [1.54, 1.807) is 7.11 Å². The van der Waals surface area contributed by atoms with Crippen molar-refractivity contribution in [2.24, 2.45) is 23.5 Å². The Kier molecular flexibility index (Phi) is 2.28. The molecule has 2 N–H and O–H groups in total. The van der Waals surface area contributed by atoms with Gasteiger partial charge in [0.1, 0.15) is 5.75 Å². The first-order valence-electron chi connectivity index (χ1n) is 5.93. The number of piperidine rings is 1. The van der Waals surface area contributed by atoms with Crippen LogP contribution in [0, 0.1) is 17.8 Å². The lowest BCUT2D eigenvalue weighted by Gasteiger charge is -2.23. The van der Waals surface area contributed by atoms with Crippen LogP contribution in [0.15, 0.2) is 24.3 Å². The zero-order valence-corrected chi connectivity index (χ0v) is 9.60. The van der Waals surface area contributed by atoms with E-state index in [1.807, 2.05) is 12.1 Å². The van der Waals surface area contributed by atoms with Gasteiger partial charge in [0.25, 0.3) is 0 Å². The van der Waals surface area contributed by atoms with E-state index >= 15 is 0 Å². The number of methoxy groups -OCH3 is 1. The maximum atomic E-state index is 5.72. The van der Waals surface area contributed by atoms with Crippen LogP contribution < -0.4 is 15.4 Å². The van der Waals surface area contributed by atoms with E-state index in [-0.39, 0.29) is 0 Å². The van der Waals surface area contributed by atoms with Crippen LogP contribution in [-0.2, 0) is 0 Å². The highest BCUT2D eigenvalue weighted by Gasteiger charge is 2.54. The van der Waals surface area contributed by atoms with Crippen molar-refractivity contribution in [1.29, 1.82) is 0 Å². The molecule has 3 rings (SSSR count). The highest BCUT2D eigenvalue weighted by molar-refractivity contribution is 5.59. The molecule has 1 saturated carbocycles. The molecule has 1 aliphatic heterocycles. The molecule has 0 spiro atoms. The SMILES string of the molecule is COc1ccccc1N1CC2C(CN)C2C1. The summed E-state index contributed by atoms with van der Waals surface area (Å²) in [4.78, 5) is 2.43. The second-order valence-corrected chi connectivity index (χ2v) is 4.80. The van der Waals surface area contributed by atoms with E-state index in [0.29, 0.717) is 0 Å². The first-order valence-corrected chi connectivity index (χ1v) is 5.93. The quantitative estimate of drug-likeness (QED) is 0.832. The molecule has 2 fully saturated rings. The van der Waals surface area contributed by atoms with Crippen molar-refractivity contribution in [2.45, 2.75) is 0 Å². The van der Waals surface area contributed by atoms with E-state index < -0.39 is 0 Å². The summed E-state index contributed by atoms with van der Waals surface area (Å²) in [5, 5.41) is 0. The summed E-state index contributed by atoms with van der Waals surface area (Å²) in [6.07, 6.45) is 0. The van der Waals surface area contributed by atoms with Gasteiger partial charge in [0.15, 0.2) is 0 Å². The van der Waals surface area contributed by atoms with Gasteiger partial charge in [-0.25, -0.2) is 0 Å². The molecular formula is C13H18N2O. The van der Waals surface area contributed by atoms with Crippen LogP contribution in [0.4, 0.5) is 5.69 Å². The molecule has 0 amide bonds. The van der Waals surface area contributed by atoms with Crippen molar-refractivity contribution < 1.29 is 4.74 Å². The third kappa shape index (κ3) is 1.39. The number of nitrogens with zero attached hydrogens (tertiary/aromatic N) is 1. The normalized spacial score (nSPS) is 31.4. The number of para-hydroxylation sites is 2. The minimum absolute atomic E-state index is 0.783. The molecule has 3 heteroatoms. The van der Waals surface area contributed by atoms with Crippen LogP contribution in [0.1, 0.15) is 0 Å². The maximum Gasteiger partial charge on any atom is 0.142 e. The Bertz CT molecular complexity index is 381.